The molecule has 0 aromatic heterocycles. The molecule has 0 unspecified atom stereocenters. The number of nitrogens with one attached hydrogen (secondary N) is 1. The number of ether oxygens (including phenoxy) is 1. The van der Waals surface area contributed by atoms with E-state index in [2.05, 4.69) is 19.2 Å². The van der Waals surface area contributed by atoms with Crippen molar-refractivity contribution in [1.82, 2.24) is 0 Å². The number of halogens is 1. The monoisotopic (exact) mass is 390 g/mol. The van der Waals surface area contributed by atoms with Crippen molar-refractivity contribution in [3.63, 3.8) is 0 Å². The number of anilines is 2. The van der Waals surface area contributed by atoms with E-state index in [0.717, 1.165) is 17.0 Å². The van der Waals surface area contributed by atoms with Crippen LogP contribution in [0.3, 0.4) is 0 Å². The maximum absolute atomic E-state index is 13.5. The first-order valence-corrected chi connectivity index (χ1v) is 9.70. The Balaban J connectivity index is 1.71. The van der Waals surface area contributed by atoms with Crippen molar-refractivity contribution in [2.75, 3.05) is 16.8 Å². The van der Waals surface area contributed by atoms with Gasteiger partial charge in [-0.25, -0.2) is 4.39 Å². The molecule has 0 bridgehead atoms. The molecule has 0 fully saturated rings. The molecule has 1 N–H and O–H groups in total. The normalized spacial score (nSPS) is 15.8. The molecule has 1 aliphatic rings. The largest absolute Gasteiger partial charge is 0.493 e. The Labute approximate surface area is 169 Å². The molecule has 4 rings (SSSR count). The minimum atomic E-state index is -0.415. The second-order valence-electron chi connectivity index (χ2n) is 7.52. The zero-order chi connectivity index (χ0) is 20.4. The van der Waals surface area contributed by atoms with Crippen molar-refractivity contribution in [2.24, 2.45) is 5.92 Å². The van der Waals surface area contributed by atoms with Gasteiger partial charge in [0, 0.05) is 11.4 Å². The second-order valence-corrected chi connectivity index (χ2v) is 7.52. The van der Waals surface area contributed by atoms with Crippen molar-refractivity contribution in [3.05, 3.63) is 89.7 Å². The van der Waals surface area contributed by atoms with Crippen molar-refractivity contribution >= 4 is 17.3 Å². The van der Waals surface area contributed by atoms with Gasteiger partial charge in [-0.2, -0.15) is 0 Å². The van der Waals surface area contributed by atoms with Crippen LogP contribution in [0.15, 0.2) is 72.8 Å². The maximum Gasteiger partial charge on any atom is 0.262 e. The van der Waals surface area contributed by atoms with Crippen LogP contribution < -0.4 is 15.0 Å². The van der Waals surface area contributed by atoms with Gasteiger partial charge in [-0.15, -0.1) is 0 Å². The average Bonchev–Trinajstić information content (AvgIpc) is 2.73. The van der Waals surface area contributed by atoms with Gasteiger partial charge in [-0.05, 0) is 60.0 Å². The molecule has 0 spiro atoms. The van der Waals surface area contributed by atoms with E-state index < -0.39 is 6.17 Å². The molecule has 0 saturated carbocycles. The van der Waals surface area contributed by atoms with Gasteiger partial charge in [0.15, 0.2) is 0 Å². The first-order chi connectivity index (χ1) is 14.0. The number of carbonyl (C=O) groups is 1. The fourth-order valence-corrected chi connectivity index (χ4v) is 3.36. The predicted octanol–water partition coefficient (Wildman–Crippen LogP) is 5.63. The van der Waals surface area contributed by atoms with Crippen LogP contribution in [-0.2, 0) is 0 Å². The van der Waals surface area contributed by atoms with Crippen molar-refractivity contribution in [3.8, 4) is 5.75 Å². The maximum atomic E-state index is 13.5. The number of hydrogen-bond acceptors (Lipinski definition) is 3. The zero-order valence-electron chi connectivity index (χ0n) is 16.4. The molecule has 29 heavy (non-hydrogen) atoms. The summed E-state index contributed by atoms with van der Waals surface area (Å²) in [5.41, 5.74) is 2.91. The van der Waals surface area contributed by atoms with Gasteiger partial charge in [-0.3, -0.25) is 9.69 Å². The Kier molecular flexibility index (Phi) is 5.21. The van der Waals surface area contributed by atoms with E-state index in [1.165, 1.54) is 12.1 Å². The smallest absolute Gasteiger partial charge is 0.262 e. The van der Waals surface area contributed by atoms with Gasteiger partial charge in [0.2, 0.25) is 0 Å². The highest BCUT2D eigenvalue weighted by molar-refractivity contribution is 6.12. The van der Waals surface area contributed by atoms with Crippen LogP contribution in [0.4, 0.5) is 15.8 Å². The number of carbonyl (C=O) groups excluding carboxylic acids is 1. The highest BCUT2D eigenvalue weighted by atomic mass is 19.1. The standard InChI is InChI=1S/C24H23FN2O2/c1-16(2)15-29-20-13-7-17(8-14-20)23-26-22-6-4-3-5-21(22)24(28)27(23)19-11-9-18(25)10-12-19/h3-14,16,23,26H,15H2,1-2H3/t23-/m0/s1. The summed E-state index contributed by atoms with van der Waals surface area (Å²) >= 11 is 0. The Morgan fingerprint density at radius 3 is 2.38 bits per heavy atom. The quantitative estimate of drug-likeness (QED) is 0.614. The van der Waals surface area contributed by atoms with Crippen LogP contribution in [0, 0.1) is 11.7 Å². The van der Waals surface area contributed by atoms with E-state index in [4.69, 9.17) is 4.74 Å². The van der Waals surface area contributed by atoms with Gasteiger partial charge < -0.3 is 10.1 Å². The first kappa shape index (κ1) is 19.0. The summed E-state index contributed by atoms with van der Waals surface area (Å²) in [4.78, 5) is 15.0. The number of benzene rings is 3. The number of hydrogen-bond donors (Lipinski definition) is 1. The van der Waals surface area contributed by atoms with Crippen LogP contribution in [0.5, 0.6) is 5.75 Å². The average molecular weight is 390 g/mol. The van der Waals surface area contributed by atoms with E-state index in [-0.39, 0.29) is 11.7 Å². The number of nitrogens with zero attached hydrogens (tertiary/aromatic N) is 1. The molecule has 1 heterocycles. The molecule has 3 aromatic rings. The lowest BCUT2D eigenvalue weighted by molar-refractivity contribution is 0.0975. The third-order valence-electron chi connectivity index (χ3n) is 4.81. The topological polar surface area (TPSA) is 41.6 Å². The molecule has 0 radical (unpaired) electrons. The molecule has 1 atom stereocenters. The van der Waals surface area contributed by atoms with Crippen molar-refractivity contribution in [2.45, 2.75) is 20.0 Å². The molecular formula is C24H23FN2O2. The molecule has 1 aliphatic heterocycles. The van der Waals surface area contributed by atoms with Gasteiger partial charge in [0.1, 0.15) is 17.7 Å². The fourth-order valence-electron chi connectivity index (χ4n) is 3.36. The van der Waals surface area contributed by atoms with Crippen molar-refractivity contribution in [1.29, 1.82) is 0 Å². The Hall–Kier alpha value is -3.34. The highest BCUT2D eigenvalue weighted by Gasteiger charge is 2.33. The number of amides is 1. The van der Waals surface area contributed by atoms with Crippen LogP contribution in [-0.4, -0.2) is 12.5 Å². The summed E-state index contributed by atoms with van der Waals surface area (Å²) in [5.74, 6) is 0.766. The van der Waals surface area contributed by atoms with E-state index in [1.54, 1.807) is 23.1 Å². The Morgan fingerprint density at radius 2 is 1.69 bits per heavy atom. The number of rotatable bonds is 5. The van der Waals surface area contributed by atoms with Gasteiger partial charge >= 0.3 is 0 Å². The van der Waals surface area contributed by atoms with Crippen LogP contribution >= 0.6 is 0 Å². The van der Waals surface area contributed by atoms with Crippen LogP contribution in [0.1, 0.15) is 35.9 Å². The van der Waals surface area contributed by atoms with E-state index in [9.17, 15) is 9.18 Å². The molecule has 4 nitrogen and oxygen atoms in total. The summed E-state index contributed by atoms with van der Waals surface area (Å²) in [7, 11) is 0. The third-order valence-corrected chi connectivity index (χ3v) is 4.81. The van der Waals surface area contributed by atoms with E-state index in [1.807, 2.05) is 42.5 Å². The molecule has 0 saturated heterocycles. The van der Waals surface area contributed by atoms with E-state index in [0.29, 0.717) is 23.8 Å². The minimum absolute atomic E-state index is 0.129. The summed E-state index contributed by atoms with van der Waals surface area (Å²) in [6, 6.07) is 21.1. The molecule has 148 valence electrons. The lowest BCUT2D eigenvalue weighted by Gasteiger charge is -2.38. The SMILES string of the molecule is CC(C)COc1ccc([C@H]2Nc3ccccc3C(=O)N2c2ccc(F)cc2)cc1. The number of para-hydroxylation sites is 1. The lowest BCUT2D eigenvalue weighted by Crippen LogP contribution is -2.43. The van der Waals surface area contributed by atoms with Gasteiger partial charge in [-0.1, -0.05) is 38.1 Å². The molecule has 1 amide bonds. The molecule has 0 aliphatic carbocycles. The lowest BCUT2D eigenvalue weighted by atomic mass is 10.0. The third kappa shape index (κ3) is 3.94. The highest BCUT2D eigenvalue weighted by Crippen LogP contribution is 2.37. The zero-order valence-corrected chi connectivity index (χ0v) is 16.4. The molecular weight excluding hydrogens is 367 g/mol. The van der Waals surface area contributed by atoms with Gasteiger partial charge in [0.25, 0.3) is 5.91 Å². The van der Waals surface area contributed by atoms with Crippen LogP contribution in [0.2, 0.25) is 0 Å². The summed E-state index contributed by atoms with van der Waals surface area (Å²) in [6.07, 6.45) is -0.415. The van der Waals surface area contributed by atoms with Crippen molar-refractivity contribution < 1.29 is 13.9 Å². The number of fused-ring (bicyclic) bond motifs is 1. The Morgan fingerprint density at radius 1 is 1.00 bits per heavy atom. The first-order valence-electron chi connectivity index (χ1n) is 9.70. The molecule has 5 heteroatoms. The van der Waals surface area contributed by atoms with Crippen LogP contribution in [0.25, 0.3) is 0 Å². The summed E-state index contributed by atoms with van der Waals surface area (Å²) < 4.78 is 19.2. The minimum Gasteiger partial charge on any atom is -0.493 e. The fraction of sp³-hybridized carbons (Fsp3) is 0.208. The summed E-state index contributed by atoms with van der Waals surface area (Å²) in [6.45, 7) is 4.85. The Bertz CT molecular complexity index is 1000. The second kappa shape index (κ2) is 7.95. The van der Waals surface area contributed by atoms with E-state index >= 15 is 0 Å². The predicted molar refractivity (Wildman–Crippen MR) is 113 cm³/mol. The summed E-state index contributed by atoms with van der Waals surface area (Å²) in [5, 5.41) is 3.45. The van der Waals surface area contributed by atoms with Gasteiger partial charge in [0.05, 0.1) is 12.2 Å². The molecule has 3 aromatic carbocycles.